The molecule has 5 rings (SSSR count). The van der Waals surface area contributed by atoms with E-state index >= 15 is 0 Å². The summed E-state index contributed by atoms with van der Waals surface area (Å²) in [5.41, 5.74) is 4.42. The molecule has 1 amide bonds. The molecule has 11 heteroatoms. The number of fused-ring (bicyclic) bond motifs is 3. The second-order valence-corrected chi connectivity index (χ2v) is 11.8. The third-order valence-electron chi connectivity index (χ3n) is 8.67. The van der Waals surface area contributed by atoms with Gasteiger partial charge in [0.25, 0.3) is 0 Å². The van der Waals surface area contributed by atoms with Gasteiger partial charge in [-0.15, -0.1) is 0 Å². The van der Waals surface area contributed by atoms with E-state index in [0.717, 1.165) is 5.56 Å². The molecule has 0 saturated heterocycles. The summed E-state index contributed by atoms with van der Waals surface area (Å²) in [7, 11) is 6.78. The number of aromatic hydroxyl groups is 1. The highest BCUT2D eigenvalue weighted by atomic mass is 16.3. The normalized spacial score (nSPS) is 31.8. The first-order valence-electron chi connectivity index (χ1n) is 13.5. The average molecular weight is 576 g/mol. The molecular weight excluding hydrogens is 542 g/mol. The number of Topliss-reactive ketones (excluding diaryl/α,β-unsaturated/α-hetero) is 4. The first kappa shape index (κ1) is 29.5. The number of ketones is 4. The first-order valence-corrected chi connectivity index (χ1v) is 13.5. The lowest BCUT2D eigenvalue weighted by atomic mass is 9.50. The number of phenolic OH excluding ortho intramolecular Hbond substituents is 1. The van der Waals surface area contributed by atoms with Crippen molar-refractivity contribution in [1.29, 1.82) is 0 Å². The highest BCUT2D eigenvalue weighted by molar-refractivity contribution is 6.33. The molecule has 2 aromatic rings. The molecule has 2 unspecified atom stereocenters. The molecular formula is C31H33N3O8. The van der Waals surface area contributed by atoms with Gasteiger partial charge in [-0.2, -0.15) is 0 Å². The molecule has 42 heavy (non-hydrogen) atoms. The lowest BCUT2D eigenvalue weighted by molar-refractivity contribution is -0.192. The minimum atomic E-state index is -3.06. The number of rotatable bonds is 5. The van der Waals surface area contributed by atoms with Crippen LogP contribution in [0.5, 0.6) is 5.75 Å². The number of nitrogens with two attached hydrogens (primary N) is 1. The number of benzene rings is 2. The summed E-state index contributed by atoms with van der Waals surface area (Å²) in [5, 5.41) is 34.5. The summed E-state index contributed by atoms with van der Waals surface area (Å²) >= 11 is 0. The van der Waals surface area contributed by atoms with E-state index in [1.165, 1.54) is 31.1 Å². The fourth-order valence-electron chi connectivity index (χ4n) is 6.93. The Kier molecular flexibility index (Phi) is 7.26. The third-order valence-corrected chi connectivity index (χ3v) is 8.67. The van der Waals surface area contributed by atoms with Gasteiger partial charge in [-0.25, -0.2) is 0 Å². The highest BCUT2D eigenvalue weighted by Crippen LogP contribution is 2.54. The topological polar surface area (TPSA) is 179 Å². The Morgan fingerprint density at radius 2 is 1.64 bits per heavy atom. The Morgan fingerprint density at radius 1 is 1.00 bits per heavy atom. The summed E-state index contributed by atoms with van der Waals surface area (Å²) in [6.07, 6.45) is -0.0722. The van der Waals surface area contributed by atoms with Crippen LogP contribution in [-0.4, -0.2) is 100 Å². The van der Waals surface area contributed by atoms with Crippen LogP contribution >= 0.6 is 0 Å². The lowest BCUT2D eigenvalue weighted by Crippen LogP contribution is -2.77. The van der Waals surface area contributed by atoms with Gasteiger partial charge in [0.1, 0.15) is 5.75 Å². The van der Waals surface area contributed by atoms with Crippen LogP contribution in [0.3, 0.4) is 0 Å². The number of primary amides is 1. The second kappa shape index (κ2) is 10.4. The predicted octanol–water partition coefficient (Wildman–Crippen LogP) is -0.102. The summed E-state index contributed by atoms with van der Waals surface area (Å²) < 4.78 is 0. The van der Waals surface area contributed by atoms with E-state index in [1.54, 1.807) is 12.1 Å². The monoisotopic (exact) mass is 575 g/mol. The molecule has 0 aliphatic heterocycles. The standard InChI is InChI=1S/C31H33N3O8/c1-33(2)13-15-10-8-14(9-11-15)12-17-16-6-5-7-18(35)19(16)25(36)21-20(17)26(37)23-24(34(3)4)27(38)22(30(32)41)29(40)31(23,42)28(21)39/h5-12,20-24,26,35,37,42H,13H2,1-4H3,(H2,32,41)/t20-,21?,22?,23-,24+,26+,31+/m1/s1. The lowest BCUT2D eigenvalue weighted by Gasteiger charge is -2.55. The maximum atomic E-state index is 14.2. The van der Waals surface area contributed by atoms with Crippen molar-refractivity contribution in [3.63, 3.8) is 0 Å². The van der Waals surface area contributed by atoms with Crippen LogP contribution in [0.15, 0.2) is 42.5 Å². The Bertz CT molecular complexity index is 1550. The van der Waals surface area contributed by atoms with E-state index in [1.807, 2.05) is 43.3 Å². The Labute approximate surface area is 242 Å². The Hall–Kier alpha value is -4.03. The summed E-state index contributed by atoms with van der Waals surface area (Å²) in [6, 6.07) is 10.4. The van der Waals surface area contributed by atoms with Gasteiger partial charge in [0.15, 0.2) is 34.7 Å². The Morgan fingerprint density at radius 3 is 2.21 bits per heavy atom. The molecule has 2 saturated carbocycles. The van der Waals surface area contributed by atoms with E-state index in [-0.39, 0.29) is 11.1 Å². The van der Waals surface area contributed by atoms with Crippen molar-refractivity contribution in [2.24, 2.45) is 29.4 Å². The van der Waals surface area contributed by atoms with Crippen molar-refractivity contribution in [2.75, 3.05) is 28.2 Å². The van der Waals surface area contributed by atoms with Gasteiger partial charge in [0.05, 0.1) is 29.5 Å². The van der Waals surface area contributed by atoms with Gasteiger partial charge in [-0.05, 0) is 56.5 Å². The van der Waals surface area contributed by atoms with Crippen molar-refractivity contribution < 1.29 is 39.3 Å². The van der Waals surface area contributed by atoms with E-state index in [0.29, 0.717) is 17.7 Å². The molecule has 220 valence electrons. The van der Waals surface area contributed by atoms with Crippen molar-refractivity contribution in [3.05, 3.63) is 64.7 Å². The minimum absolute atomic E-state index is 0.188. The van der Waals surface area contributed by atoms with Crippen LogP contribution in [-0.2, 0) is 25.7 Å². The van der Waals surface area contributed by atoms with Crippen molar-refractivity contribution in [2.45, 2.75) is 24.3 Å². The number of nitrogens with zero attached hydrogens (tertiary/aromatic N) is 2. The third kappa shape index (κ3) is 4.23. The van der Waals surface area contributed by atoms with Gasteiger partial charge in [-0.1, -0.05) is 42.5 Å². The zero-order valence-electron chi connectivity index (χ0n) is 23.6. The number of hydrogen-bond donors (Lipinski definition) is 4. The summed E-state index contributed by atoms with van der Waals surface area (Å²) in [4.78, 5) is 70.5. The molecule has 2 fully saturated rings. The second-order valence-electron chi connectivity index (χ2n) is 11.8. The van der Waals surface area contributed by atoms with Crippen molar-refractivity contribution >= 4 is 40.7 Å². The zero-order chi connectivity index (χ0) is 30.8. The number of phenols is 1. The smallest absolute Gasteiger partial charge is 0.235 e. The number of hydrogen-bond acceptors (Lipinski definition) is 10. The highest BCUT2D eigenvalue weighted by Gasteiger charge is 2.72. The van der Waals surface area contributed by atoms with Crippen LogP contribution in [0.25, 0.3) is 11.6 Å². The molecule has 0 aromatic heterocycles. The van der Waals surface area contributed by atoms with Crippen LogP contribution in [0.2, 0.25) is 0 Å². The van der Waals surface area contributed by atoms with E-state index in [4.69, 9.17) is 5.73 Å². The number of carbonyl (C=O) groups excluding carboxylic acids is 5. The molecule has 3 aliphatic rings. The number of amides is 1. The van der Waals surface area contributed by atoms with Crippen molar-refractivity contribution in [1.82, 2.24) is 9.80 Å². The summed E-state index contributed by atoms with van der Waals surface area (Å²) in [6.45, 7) is 0.695. The van der Waals surface area contributed by atoms with Crippen molar-refractivity contribution in [3.8, 4) is 5.75 Å². The molecule has 11 nitrogen and oxygen atoms in total. The number of carbonyl (C=O) groups is 5. The van der Waals surface area contributed by atoms with Crippen LogP contribution in [0.1, 0.15) is 27.0 Å². The van der Waals surface area contributed by atoms with Crippen LogP contribution < -0.4 is 5.73 Å². The molecule has 3 aliphatic carbocycles. The molecule has 5 N–H and O–H groups in total. The number of aliphatic hydroxyl groups excluding tert-OH is 1. The molecule has 0 bridgehead atoms. The maximum absolute atomic E-state index is 14.2. The average Bonchev–Trinajstić information content (AvgIpc) is 2.90. The maximum Gasteiger partial charge on any atom is 0.235 e. The van der Waals surface area contributed by atoms with Gasteiger partial charge < -0.3 is 26.0 Å². The molecule has 7 atom stereocenters. The van der Waals surface area contributed by atoms with Gasteiger partial charge in [0.2, 0.25) is 5.91 Å². The molecule has 0 spiro atoms. The zero-order valence-corrected chi connectivity index (χ0v) is 23.6. The van der Waals surface area contributed by atoms with E-state index in [9.17, 15) is 39.3 Å². The van der Waals surface area contributed by atoms with Gasteiger partial charge in [0, 0.05) is 12.5 Å². The van der Waals surface area contributed by atoms with Gasteiger partial charge >= 0.3 is 0 Å². The fraction of sp³-hybridized carbons (Fsp3) is 0.387. The predicted molar refractivity (Wildman–Crippen MR) is 151 cm³/mol. The Balaban J connectivity index is 1.74. The largest absolute Gasteiger partial charge is 0.507 e. The number of likely N-dealkylation sites (N-methyl/N-ethyl adjacent to an activating group) is 1. The number of aliphatic hydroxyl groups is 2. The molecule has 2 aromatic carbocycles. The fourth-order valence-corrected chi connectivity index (χ4v) is 6.93. The molecule has 0 heterocycles. The molecule has 0 radical (unpaired) electrons. The minimum Gasteiger partial charge on any atom is -0.507 e. The summed E-state index contributed by atoms with van der Waals surface area (Å²) in [5.74, 6) is -13.2. The SMILES string of the molecule is CN(C)Cc1ccc(C=C2c3cccc(O)c3C(=O)C3C(=O)[C@]4(O)C(=O)C(C(N)=O)C(=O)[C@@H](N(C)C)[C@@H]4[C@@H](O)[C@H]23)cc1. The van der Waals surface area contributed by atoms with Crippen LogP contribution in [0, 0.1) is 23.7 Å². The van der Waals surface area contributed by atoms with E-state index < -0.39 is 76.2 Å². The quantitative estimate of drug-likeness (QED) is 0.352. The van der Waals surface area contributed by atoms with Gasteiger partial charge in [-0.3, -0.25) is 28.9 Å². The van der Waals surface area contributed by atoms with E-state index in [2.05, 4.69) is 0 Å². The van der Waals surface area contributed by atoms with Crippen LogP contribution in [0.4, 0.5) is 0 Å². The first-order chi connectivity index (χ1) is 19.7.